The molecule has 1 aromatic carbocycles. The molecule has 208 valence electrons. The summed E-state index contributed by atoms with van der Waals surface area (Å²) in [6.45, 7) is 4.97. The van der Waals surface area contributed by atoms with Gasteiger partial charge in [-0.2, -0.15) is 9.98 Å². The first-order chi connectivity index (χ1) is 19.0. The van der Waals surface area contributed by atoms with Gasteiger partial charge in [0.2, 0.25) is 21.1 Å². The van der Waals surface area contributed by atoms with Gasteiger partial charge in [-0.15, -0.1) is 10.2 Å². The Labute approximate surface area is 231 Å². The van der Waals surface area contributed by atoms with Crippen molar-refractivity contribution in [1.82, 2.24) is 34.4 Å². The lowest BCUT2D eigenvalue weighted by Gasteiger charge is -2.37. The third-order valence-corrected chi connectivity index (χ3v) is 9.54. The highest BCUT2D eigenvalue weighted by atomic mass is 32.2. The summed E-state index contributed by atoms with van der Waals surface area (Å²) < 4.78 is 57.2. The van der Waals surface area contributed by atoms with E-state index in [1.54, 1.807) is 11.0 Å². The van der Waals surface area contributed by atoms with Crippen molar-refractivity contribution in [2.75, 3.05) is 24.5 Å². The van der Waals surface area contributed by atoms with E-state index >= 15 is 0 Å². The summed E-state index contributed by atoms with van der Waals surface area (Å²) in [5, 5.41) is 17.6. The largest absolute Gasteiger partial charge is 0.345 e. The van der Waals surface area contributed by atoms with Gasteiger partial charge in [0.25, 0.3) is 6.43 Å². The monoisotopic (exact) mass is 587 g/mol. The molecule has 0 bridgehead atoms. The first-order valence-corrected chi connectivity index (χ1v) is 14.7. The Morgan fingerprint density at radius 1 is 1.18 bits per heavy atom. The smallest absolute Gasteiger partial charge is 0.291 e. The number of hydrogen-bond acceptors (Lipinski definition) is 10. The highest BCUT2D eigenvalue weighted by molar-refractivity contribution is 7.89. The fourth-order valence-corrected chi connectivity index (χ4v) is 7.01. The first kappa shape index (κ1) is 26.4. The Hall–Kier alpha value is -3.81. The lowest BCUT2D eigenvalue weighted by Crippen LogP contribution is -2.53. The number of rotatable bonds is 7. The number of hydrogen-bond donors (Lipinski definition) is 1. The second kappa shape index (κ2) is 9.39. The maximum Gasteiger partial charge on any atom is 0.291 e. The first-order valence-electron chi connectivity index (χ1n) is 12.4. The maximum atomic E-state index is 13.4. The molecule has 3 aromatic heterocycles. The van der Waals surface area contributed by atoms with Crippen LogP contribution < -0.4 is 9.62 Å². The van der Waals surface area contributed by atoms with Crippen molar-refractivity contribution >= 4 is 55.0 Å². The summed E-state index contributed by atoms with van der Waals surface area (Å²) in [6, 6.07) is 6.44. The van der Waals surface area contributed by atoms with Gasteiger partial charge in [0.05, 0.1) is 28.4 Å². The number of alkyl halides is 2. The Balaban J connectivity index is 1.54. The predicted octanol–water partition coefficient (Wildman–Crippen LogP) is 2.75. The summed E-state index contributed by atoms with van der Waals surface area (Å²) in [4.78, 5) is 25.3. The molecule has 0 atom stereocenters. The van der Waals surface area contributed by atoms with Crippen molar-refractivity contribution in [2.45, 2.75) is 49.6 Å². The standard InChI is InChI=1S/C24H23F2N9O3S2/c1-13(2)34-8-7-33(10-17(34)36)20-18-15-4-3-14(40(37,38)32-24(11-27)5-6-24)9-16(15)35(21(18)29-12-28-20)23-31-30-22(39-23)19(25)26/h3-4,9,12-13,19,32H,5-8,10H2,1-2H3. The molecule has 12 nitrogen and oxygen atoms in total. The molecule has 1 aliphatic heterocycles. The average molecular weight is 588 g/mol. The lowest BCUT2D eigenvalue weighted by atomic mass is 10.1. The van der Waals surface area contributed by atoms with E-state index in [4.69, 9.17) is 0 Å². The van der Waals surface area contributed by atoms with Crippen LogP contribution in [-0.4, -0.2) is 75.2 Å². The maximum absolute atomic E-state index is 13.4. The van der Waals surface area contributed by atoms with Crippen molar-refractivity contribution in [2.24, 2.45) is 0 Å². The number of piperazine rings is 1. The predicted molar refractivity (Wildman–Crippen MR) is 142 cm³/mol. The van der Waals surface area contributed by atoms with E-state index in [-0.39, 0.29) is 28.5 Å². The zero-order valence-electron chi connectivity index (χ0n) is 21.4. The molecule has 2 fully saturated rings. The molecule has 1 N–H and O–H groups in total. The van der Waals surface area contributed by atoms with Gasteiger partial charge in [0.1, 0.15) is 17.7 Å². The number of amides is 1. The zero-order chi connectivity index (χ0) is 28.4. The second-order valence-corrected chi connectivity index (χ2v) is 12.7. The van der Waals surface area contributed by atoms with Crippen LogP contribution in [0.4, 0.5) is 14.6 Å². The van der Waals surface area contributed by atoms with Crippen LogP contribution in [0.25, 0.3) is 27.1 Å². The fourth-order valence-electron chi connectivity index (χ4n) is 4.90. The molecule has 0 unspecified atom stereocenters. The molecule has 16 heteroatoms. The van der Waals surface area contributed by atoms with E-state index in [9.17, 15) is 27.3 Å². The van der Waals surface area contributed by atoms with Gasteiger partial charge in [-0.3, -0.25) is 9.36 Å². The topological polar surface area (TPSA) is 150 Å². The van der Waals surface area contributed by atoms with Crippen molar-refractivity contribution in [3.05, 3.63) is 29.5 Å². The zero-order valence-corrected chi connectivity index (χ0v) is 23.0. The number of sulfonamides is 1. The van der Waals surface area contributed by atoms with Crippen LogP contribution in [0.1, 0.15) is 38.1 Å². The second-order valence-electron chi connectivity index (χ2n) is 10.0. The van der Waals surface area contributed by atoms with Crippen LogP contribution in [0.5, 0.6) is 0 Å². The third-order valence-electron chi connectivity index (χ3n) is 7.09. The summed E-state index contributed by atoms with van der Waals surface area (Å²) in [7, 11) is -4.09. The molecular formula is C24H23F2N9O3S2. The number of aromatic nitrogens is 5. The van der Waals surface area contributed by atoms with Gasteiger partial charge in [-0.1, -0.05) is 17.4 Å². The van der Waals surface area contributed by atoms with Gasteiger partial charge < -0.3 is 9.80 Å². The van der Waals surface area contributed by atoms with Crippen LogP contribution in [-0.2, 0) is 14.8 Å². The van der Waals surface area contributed by atoms with E-state index in [2.05, 4.69) is 24.9 Å². The Morgan fingerprint density at radius 2 is 1.95 bits per heavy atom. The van der Waals surface area contributed by atoms with Gasteiger partial charge in [0.15, 0.2) is 10.7 Å². The minimum absolute atomic E-state index is 0.0493. The van der Waals surface area contributed by atoms with E-state index in [1.807, 2.05) is 24.8 Å². The highest BCUT2D eigenvalue weighted by Crippen LogP contribution is 2.40. The van der Waals surface area contributed by atoms with Gasteiger partial charge >= 0.3 is 0 Å². The quantitative estimate of drug-likeness (QED) is 0.344. The van der Waals surface area contributed by atoms with E-state index < -0.39 is 27.0 Å². The third kappa shape index (κ3) is 4.34. The van der Waals surface area contributed by atoms with Gasteiger partial charge in [-0.25, -0.2) is 27.2 Å². The molecule has 40 heavy (non-hydrogen) atoms. The van der Waals surface area contributed by atoms with Crippen molar-refractivity contribution < 1.29 is 22.0 Å². The van der Waals surface area contributed by atoms with E-state index in [1.165, 1.54) is 23.0 Å². The number of anilines is 1. The molecule has 1 saturated heterocycles. The number of carbonyl (C=O) groups is 1. The molecule has 6 rings (SSSR count). The van der Waals surface area contributed by atoms with E-state index in [0.29, 0.717) is 65.0 Å². The van der Waals surface area contributed by atoms with Crippen LogP contribution in [0.3, 0.4) is 0 Å². The minimum Gasteiger partial charge on any atom is -0.345 e. The van der Waals surface area contributed by atoms with E-state index in [0.717, 1.165) is 0 Å². The minimum atomic E-state index is -4.09. The number of nitrogens with zero attached hydrogens (tertiary/aromatic N) is 8. The average Bonchev–Trinajstić information content (AvgIpc) is 3.36. The number of nitriles is 1. The van der Waals surface area contributed by atoms with Gasteiger partial charge in [0, 0.05) is 24.5 Å². The molecule has 4 aromatic rings. The molecule has 0 spiro atoms. The number of nitrogens with one attached hydrogen (secondary N) is 1. The molecule has 1 saturated carbocycles. The summed E-state index contributed by atoms with van der Waals surface area (Å²) in [6.07, 6.45) is -0.708. The Kier molecular flexibility index (Phi) is 6.20. The number of fused-ring (bicyclic) bond motifs is 3. The molecular weight excluding hydrogens is 564 g/mol. The highest BCUT2D eigenvalue weighted by Gasteiger charge is 2.47. The summed E-state index contributed by atoms with van der Waals surface area (Å²) >= 11 is 0.659. The van der Waals surface area contributed by atoms with Crippen LogP contribution in [0.2, 0.25) is 0 Å². The number of carbonyl (C=O) groups excluding carboxylic acids is 1. The lowest BCUT2D eigenvalue weighted by molar-refractivity contribution is -0.132. The molecule has 4 heterocycles. The fraction of sp³-hybridized carbons (Fsp3) is 0.417. The number of benzene rings is 1. The van der Waals surface area contributed by atoms with Crippen molar-refractivity contribution in [1.29, 1.82) is 5.26 Å². The normalized spacial score (nSPS) is 17.4. The molecule has 0 radical (unpaired) electrons. The van der Waals surface area contributed by atoms with Crippen molar-refractivity contribution in [3.8, 4) is 11.2 Å². The summed E-state index contributed by atoms with van der Waals surface area (Å²) in [5.74, 6) is 0.396. The summed E-state index contributed by atoms with van der Waals surface area (Å²) in [5.41, 5.74) is -0.505. The Morgan fingerprint density at radius 3 is 2.58 bits per heavy atom. The van der Waals surface area contributed by atoms with Crippen LogP contribution in [0.15, 0.2) is 29.4 Å². The Bertz CT molecular complexity index is 1810. The van der Waals surface area contributed by atoms with Gasteiger partial charge in [-0.05, 0) is 38.8 Å². The van der Waals surface area contributed by atoms with Crippen LogP contribution in [0, 0.1) is 11.3 Å². The van der Waals surface area contributed by atoms with Crippen molar-refractivity contribution in [3.63, 3.8) is 0 Å². The molecule has 1 aliphatic carbocycles. The molecule has 1 amide bonds. The van der Waals surface area contributed by atoms with Crippen LogP contribution >= 0.6 is 11.3 Å². The SMILES string of the molecule is CC(C)N1CCN(c2ncnc3c2c2ccc(S(=O)(=O)NC4(C#N)CC4)cc2n3-c2nnc(C(F)F)s2)CC1=O. The number of halogens is 2. The molecule has 2 aliphatic rings.